The molecule has 20 heavy (non-hydrogen) atoms. The number of halogens is 1. The summed E-state index contributed by atoms with van der Waals surface area (Å²) < 4.78 is 12.8. The molecule has 2 atom stereocenters. The maximum absolute atomic E-state index is 12.8. The van der Waals surface area contributed by atoms with Crippen LogP contribution in [0.5, 0.6) is 0 Å². The molecule has 2 bridgehead atoms. The molecule has 4 heteroatoms. The normalized spacial score (nSPS) is 24.9. The fourth-order valence-electron chi connectivity index (χ4n) is 3.31. The van der Waals surface area contributed by atoms with Crippen LogP contribution in [0.3, 0.4) is 0 Å². The Kier molecular flexibility index (Phi) is 3.47. The van der Waals surface area contributed by atoms with Crippen molar-refractivity contribution in [3.8, 4) is 0 Å². The Morgan fingerprint density at radius 1 is 1.25 bits per heavy atom. The van der Waals surface area contributed by atoms with Crippen LogP contribution in [0.2, 0.25) is 0 Å². The van der Waals surface area contributed by atoms with E-state index >= 15 is 0 Å². The highest BCUT2D eigenvalue weighted by molar-refractivity contribution is 5.75. The van der Waals surface area contributed by atoms with Gasteiger partial charge in [-0.1, -0.05) is 24.3 Å². The Morgan fingerprint density at radius 2 is 1.85 bits per heavy atom. The second-order valence-corrected chi connectivity index (χ2v) is 5.74. The first kappa shape index (κ1) is 13.2. The predicted octanol–water partition coefficient (Wildman–Crippen LogP) is 3.22. The van der Waals surface area contributed by atoms with Crippen molar-refractivity contribution >= 4 is 6.03 Å². The van der Waals surface area contributed by atoms with Crippen molar-refractivity contribution in [3.05, 3.63) is 47.8 Å². The fourth-order valence-corrected chi connectivity index (χ4v) is 3.31. The molecule has 2 aliphatic rings. The van der Waals surface area contributed by atoms with E-state index in [1.807, 2.05) is 4.90 Å². The highest BCUT2D eigenvalue weighted by Crippen LogP contribution is 2.37. The van der Waals surface area contributed by atoms with E-state index in [1.165, 1.54) is 17.7 Å². The number of nitrogens with zero attached hydrogens (tertiary/aromatic N) is 1. The van der Waals surface area contributed by atoms with Gasteiger partial charge in [0.25, 0.3) is 0 Å². The highest BCUT2D eigenvalue weighted by Gasteiger charge is 2.40. The largest absolute Gasteiger partial charge is 0.334 e. The molecule has 0 radical (unpaired) electrons. The smallest absolute Gasteiger partial charge is 0.318 e. The molecule has 0 aromatic heterocycles. The third kappa shape index (κ3) is 2.55. The van der Waals surface area contributed by atoms with Crippen molar-refractivity contribution in [2.75, 3.05) is 0 Å². The zero-order valence-corrected chi connectivity index (χ0v) is 11.4. The number of carbonyl (C=O) groups is 1. The average molecular weight is 274 g/mol. The van der Waals surface area contributed by atoms with Gasteiger partial charge in [0.2, 0.25) is 0 Å². The van der Waals surface area contributed by atoms with Gasteiger partial charge in [-0.25, -0.2) is 9.18 Å². The van der Waals surface area contributed by atoms with E-state index in [0.717, 1.165) is 31.2 Å². The second kappa shape index (κ2) is 5.27. The van der Waals surface area contributed by atoms with Crippen LogP contribution >= 0.6 is 0 Å². The number of fused-ring (bicyclic) bond motifs is 2. The minimum Gasteiger partial charge on any atom is -0.334 e. The van der Waals surface area contributed by atoms with Crippen LogP contribution in [0.25, 0.3) is 0 Å². The maximum Gasteiger partial charge on any atom is 0.318 e. The third-order valence-electron chi connectivity index (χ3n) is 4.26. The standard InChI is InChI=1S/C16H19FN2O/c1-11-8-14-6-7-15(9-11)19(14)16(20)18-10-12-2-4-13(17)5-3-12/h2-5,14-15H,1,6-10H2,(H,18,20). The second-order valence-electron chi connectivity index (χ2n) is 5.74. The number of hydrogen-bond donors (Lipinski definition) is 1. The summed E-state index contributed by atoms with van der Waals surface area (Å²) in [6.07, 6.45) is 4.02. The van der Waals surface area contributed by atoms with Gasteiger partial charge in [-0.2, -0.15) is 0 Å². The first-order valence-corrected chi connectivity index (χ1v) is 7.11. The topological polar surface area (TPSA) is 32.3 Å². The summed E-state index contributed by atoms with van der Waals surface area (Å²) in [6.45, 7) is 4.50. The predicted molar refractivity (Wildman–Crippen MR) is 75.7 cm³/mol. The molecule has 3 nitrogen and oxygen atoms in total. The zero-order chi connectivity index (χ0) is 14.1. The SMILES string of the molecule is C=C1CC2CCC(C1)N2C(=O)NCc1ccc(F)cc1. The van der Waals surface area contributed by atoms with Gasteiger partial charge in [-0.05, 0) is 43.4 Å². The lowest BCUT2D eigenvalue weighted by Gasteiger charge is -2.35. The Morgan fingerprint density at radius 3 is 2.45 bits per heavy atom. The third-order valence-corrected chi connectivity index (χ3v) is 4.26. The lowest BCUT2D eigenvalue weighted by atomic mass is 9.99. The van der Waals surface area contributed by atoms with Crippen molar-refractivity contribution in [3.63, 3.8) is 0 Å². The molecule has 3 rings (SSSR count). The van der Waals surface area contributed by atoms with Crippen LogP contribution in [-0.4, -0.2) is 23.0 Å². The number of hydrogen-bond acceptors (Lipinski definition) is 1. The Bertz CT molecular complexity index is 510. The van der Waals surface area contributed by atoms with Crippen LogP contribution < -0.4 is 5.32 Å². The molecule has 2 amide bonds. The van der Waals surface area contributed by atoms with Crippen molar-refractivity contribution in [1.29, 1.82) is 0 Å². The van der Waals surface area contributed by atoms with Gasteiger partial charge in [0.05, 0.1) is 0 Å². The molecule has 2 unspecified atom stereocenters. The number of carbonyl (C=O) groups excluding carboxylic acids is 1. The van der Waals surface area contributed by atoms with Crippen LogP contribution in [0.4, 0.5) is 9.18 Å². The summed E-state index contributed by atoms with van der Waals surface area (Å²) >= 11 is 0. The van der Waals surface area contributed by atoms with Gasteiger partial charge in [-0.15, -0.1) is 0 Å². The maximum atomic E-state index is 12.8. The molecular formula is C16H19FN2O. The summed E-state index contributed by atoms with van der Waals surface area (Å²) in [5, 5.41) is 2.94. The molecule has 0 aliphatic carbocycles. The van der Waals surface area contributed by atoms with Crippen LogP contribution in [0, 0.1) is 5.82 Å². The Balaban J connectivity index is 1.60. The van der Waals surface area contributed by atoms with Crippen LogP contribution in [-0.2, 0) is 6.54 Å². The number of nitrogens with one attached hydrogen (secondary N) is 1. The Hall–Kier alpha value is -1.84. The van der Waals surface area contributed by atoms with E-state index in [4.69, 9.17) is 0 Å². The lowest BCUT2D eigenvalue weighted by Crippen LogP contribution is -2.49. The van der Waals surface area contributed by atoms with Crippen molar-refractivity contribution in [1.82, 2.24) is 10.2 Å². The minimum atomic E-state index is -0.257. The van der Waals surface area contributed by atoms with Gasteiger partial charge >= 0.3 is 6.03 Å². The van der Waals surface area contributed by atoms with Crippen molar-refractivity contribution < 1.29 is 9.18 Å². The summed E-state index contributed by atoms with van der Waals surface area (Å²) in [5.41, 5.74) is 2.17. The van der Waals surface area contributed by atoms with Gasteiger partial charge < -0.3 is 10.2 Å². The van der Waals surface area contributed by atoms with E-state index in [-0.39, 0.29) is 11.8 Å². The molecule has 0 saturated carbocycles. The molecule has 1 aromatic carbocycles. The van der Waals surface area contributed by atoms with E-state index < -0.39 is 0 Å². The van der Waals surface area contributed by atoms with Crippen LogP contribution in [0.1, 0.15) is 31.2 Å². The van der Waals surface area contributed by atoms with Gasteiger partial charge in [0.1, 0.15) is 5.82 Å². The molecule has 106 valence electrons. The zero-order valence-electron chi connectivity index (χ0n) is 11.4. The average Bonchev–Trinajstić information content (AvgIpc) is 2.70. The first-order valence-electron chi connectivity index (χ1n) is 7.11. The first-order chi connectivity index (χ1) is 9.63. The van der Waals surface area contributed by atoms with Crippen molar-refractivity contribution in [2.24, 2.45) is 0 Å². The van der Waals surface area contributed by atoms with Gasteiger partial charge in [0.15, 0.2) is 0 Å². The molecule has 2 fully saturated rings. The molecule has 2 heterocycles. The van der Waals surface area contributed by atoms with E-state index in [1.54, 1.807) is 12.1 Å². The minimum absolute atomic E-state index is 0.00525. The lowest BCUT2D eigenvalue weighted by molar-refractivity contribution is 0.160. The monoisotopic (exact) mass is 274 g/mol. The molecule has 0 spiro atoms. The van der Waals surface area contributed by atoms with Crippen LogP contribution in [0.15, 0.2) is 36.4 Å². The quantitative estimate of drug-likeness (QED) is 0.825. The van der Waals surface area contributed by atoms with E-state index in [2.05, 4.69) is 11.9 Å². The number of amides is 2. The number of urea groups is 1. The van der Waals surface area contributed by atoms with E-state index in [9.17, 15) is 9.18 Å². The number of piperidine rings is 1. The number of rotatable bonds is 2. The molecule has 2 aliphatic heterocycles. The molecule has 1 N–H and O–H groups in total. The fraction of sp³-hybridized carbons (Fsp3) is 0.438. The van der Waals surface area contributed by atoms with Crippen molar-refractivity contribution in [2.45, 2.75) is 44.3 Å². The number of benzene rings is 1. The highest BCUT2D eigenvalue weighted by atomic mass is 19.1. The molecule has 1 aromatic rings. The summed E-state index contributed by atoms with van der Waals surface area (Å²) in [6, 6.07) is 6.84. The van der Waals surface area contributed by atoms with Gasteiger partial charge in [0, 0.05) is 18.6 Å². The van der Waals surface area contributed by atoms with Gasteiger partial charge in [-0.3, -0.25) is 0 Å². The molecule has 2 saturated heterocycles. The summed E-state index contributed by atoms with van der Waals surface area (Å²) in [5.74, 6) is -0.257. The Labute approximate surface area is 118 Å². The molecular weight excluding hydrogens is 255 g/mol. The van der Waals surface area contributed by atoms with E-state index in [0.29, 0.717) is 18.6 Å². The summed E-state index contributed by atoms with van der Waals surface area (Å²) in [4.78, 5) is 14.3. The summed E-state index contributed by atoms with van der Waals surface area (Å²) in [7, 11) is 0.